The normalized spacial score (nSPS) is 16.8. The molecule has 2 aliphatic heterocycles. The summed E-state index contributed by atoms with van der Waals surface area (Å²) in [5.74, 6) is -10.6. The van der Waals surface area contributed by atoms with Crippen LogP contribution in [0, 0.1) is 5.92 Å². The van der Waals surface area contributed by atoms with Crippen molar-refractivity contribution in [3.63, 3.8) is 0 Å². The van der Waals surface area contributed by atoms with Crippen LogP contribution in [-0.2, 0) is 75.2 Å². The fourth-order valence-electron chi connectivity index (χ4n) is 11.0. The molecule has 0 unspecified atom stereocenters. The van der Waals surface area contributed by atoms with Gasteiger partial charge in [-0.1, -0.05) is 74.5 Å². The number of amides is 12. The number of carbonyl (C=O) groups is 13. The average Bonchev–Trinajstić information content (AvgIpc) is 1.74. The zero-order valence-electron chi connectivity index (χ0n) is 54.4. The van der Waals surface area contributed by atoms with Gasteiger partial charge in [0.05, 0.1) is 12.6 Å². The predicted molar refractivity (Wildman–Crippen MR) is 354 cm³/mol. The van der Waals surface area contributed by atoms with E-state index in [2.05, 4.69) is 47.5 Å². The lowest BCUT2D eigenvalue weighted by Gasteiger charge is -2.32. The van der Waals surface area contributed by atoms with E-state index in [9.17, 15) is 67.4 Å². The van der Waals surface area contributed by atoms with Crippen LogP contribution in [-0.4, -0.2) is 203 Å². The maximum atomic E-state index is 14.7. The molecule has 2 aliphatic rings. The van der Waals surface area contributed by atoms with Gasteiger partial charge in [0.1, 0.15) is 54.4 Å². The molecule has 10 atom stereocenters. The molecule has 2 saturated heterocycles. The molecule has 0 aliphatic carbocycles. The van der Waals surface area contributed by atoms with Crippen molar-refractivity contribution >= 4 is 94.6 Å². The third kappa shape index (κ3) is 27.5. The summed E-state index contributed by atoms with van der Waals surface area (Å²) in [7, 11) is 0. The molecule has 2 aromatic rings. The molecule has 2 fully saturated rings. The first-order valence-electron chi connectivity index (χ1n) is 32.1. The number of unbranched alkanes of at least 4 members (excludes halogenated alkanes) is 1. The minimum Gasteiger partial charge on any atom is -0.480 e. The molecule has 0 aromatic heterocycles. The minimum absolute atomic E-state index is 0.0706. The van der Waals surface area contributed by atoms with Crippen LogP contribution in [0.5, 0.6) is 0 Å². The lowest BCUT2D eigenvalue weighted by Crippen LogP contribution is -2.60. The van der Waals surface area contributed by atoms with E-state index in [0.717, 1.165) is 0 Å². The molecule has 95 heavy (non-hydrogen) atoms. The Morgan fingerprint density at radius 1 is 0.558 bits per heavy atom. The van der Waals surface area contributed by atoms with Gasteiger partial charge in [-0.25, -0.2) is 4.79 Å². The van der Waals surface area contributed by atoms with Gasteiger partial charge in [-0.2, -0.15) is 11.8 Å². The van der Waals surface area contributed by atoms with Gasteiger partial charge in [-0.05, 0) is 119 Å². The number of nitrogens with one attached hydrogen (secondary N) is 8. The van der Waals surface area contributed by atoms with Crippen LogP contribution >= 0.6 is 11.8 Å². The average molecular weight is 1350 g/mol. The highest BCUT2D eigenvalue weighted by atomic mass is 32.2. The van der Waals surface area contributed by atoms with Crippen LogP contribution in [0.15, 0.2) is 65.7 Å². The number of thioether (sulfide) groups is 1. The molecule has 524 valence electrons. The highest BCUT2D eigenvalue weighted by Crippen LogP contribution is 2.24. The van der Waals surface area contributed by atoms with E-state index in [-0.39, 0.29) is 83.0 Å². The molecule has 21 N–H and O–H groups in total. The molecular formula is C63H97N17O14S. The third-order valence-electron chi connectivity index (χ3n) is 16.0. The number of carbonyl (C=O) groups excluding carboxylic acids is 12. The van der Waals surface area contributed by atoms with Crippen LogP contribution in [0.4, 0.5) is 0 Å². The van der Waals surface area contributed by atoms with Gasteiger partial charge in [0.2, 0.25) is 70.9 Å². The highest BCUT2D eigenvalue weighted by Gasteiger charge is 2.42. The van der Waals surface area contributed by atoms with Crippen LogP contribution in [0.3, 0.4) is 0 Å². The van der Waals surface area contributed by atoms with Crippen LogP contribution < -0.4 is 76.9 Å². The number of aliphatic carboxylic acids is 1. The SMILES string of the molecule is CSCC[C@@H](NC(=O)[C@@H](CC(C)C)NC(=O)CNC(=O)[C@H](Cc1ccccc1)NC(=O)[C@@H](Cc1ccccc1)NC(=O)[C@H](CCC(N)=O)NC(=O)[C@@H](CCC(N)=O)NC(=O)[C@H]1CCCN1C(=O)[C@@H](CCCCN)NC(=O)[C@H]1CCCN1C(=O)[C@H](N)CCCN=C(N)N)C(=O)O. The maximum absolute atomic E-state index is 14.7. The molecule has 31 nitrogen and oxygen atoms in total. The van der Waals surface area contributed by atoms with Crippen molar-refractivity contribution in [2.24, 2.45) is 45.3 Å². The Kier molecular flexibility index (Phi) is 33.9. The fourth-order valence-corrected chi connectivity index (χ4v) is 11.5. The first-order chi connectivity index (χ1) is 45.2. The van der Waals surface area contributed by atoms with Gasteiger partial charge in [0.25, 0.3) is 0 Å². The smallest absolute Gasteiger partial charge is 0.326 e. The summed E-state index contributed by atoms with van der Waals surface area (Å²) >= 11 is 1.40. The van der Waals surface area contributed by atoms with E-state index < -0.39 is 170 Å². The Labute approximate surface area is 557 Å². The lowest BCUT2D eigenvalue weighted by molar-refractivity contribution is -0.144. The number of nitrogens with two attached hydrogens (primary N) is 6. The van der Waals surface area contributed by atoms with E-state index in [1.165, 1.54) is 21.6 Å². The molecular weight excluding hydrogens is 1250 g/mol. The summed E-state index contributed by atoms with van der Waals surface area (Å²) in [6.45, 7) is 3.78. The minimum atomic E-state index is -1.65. The first kappa shape index (κ1) is 78.5. The van der Waals surface area contributed by atoms with E-state index >= 15 is 0 Å². The van der Waals surface area contributed by atoms with Crippen LogP contribution in [0.1, 0.15) is 121 Å². The third-order valence-corrected chi connectivity index (χ3v) is 16.6. The summed E-state index contributed by atoms with van der Waals surface area (Å²) in [5, 5.41) is 30.6. The van der Waals surface area contributed by atoms with Crippen molar-refractivity contribution in [3.8, 4) is 0 Å². The van der Waals surface area contributed by atoms with Crippen LogP contribution in [0.25, 0.3) is 0 Å². The Morgan fingerprint density at radius 3 is 1.53 bits per heavy atom. The monoisotopic (exact) mass is 1350 g/mol. The zero-order chi connectivity index (χ0) is 70.1. The van der Waals surface area contributed by atoms with Gasteiger partial charge in [-0.15, -0.1) is 0 Å². The van der Waals surface area contributed by atoms with Gasteiger partial charge in [-0.3, -0.25) is 62.5 Å². The van der Waals surface area contributed by atoms with Gasteiger partial charge >= 0.3 is 5.97 Å². The Balaban J connectivity index is 1.56. The van der Waals surface area contributed by atoms with E-state index in [0.29, 0.717) is 55.4 Å². The van der Waals surface area contributed by atoms with Gasteiger partial charge in [0.15, 0.2) is 5.96 Å². The number of hydrogen-bond acceptors (Lipinski definition) is 17. The second-order valence-electron chi connectivity index (χ2n) is 24.1. The summed E-state index contributed by atoms with van der Waals surface area (Å²) in [4.78, 5) is 184. The summed E-state index contributed by atoms with van der Waals surface area (Å²) < 4.78 is 0. The Bertz CT molecular complexity index is 2960. The van der Waals surface area contributed by atoms with E-state index in [1.807, 2.05) is 0 Å². The number of primary amides is 2. The molecule has 0 radical (unpaired) electrons. The summed E-state index contributed by atoms with van der Waals surface area (Å²) in [6.07, 6.45) is 2.86. The Morgan fingerprint density at radius 2 is 1.03 bits per heavy atom. The van der Waals surface area contributed by atoms with Crippen molar-refractivity contribution in [1.29, 1.82) is 0 Å². The molecule has 4 rings (SSSR count). The molecule has 0 bridgehead atoms. The second-order valence-corrected chi connectivity index (χ2v) is 25.0. The number of benzene rings is 2. The second kappa shape index (κ2) is 41.0. The zero-order valence-corrected chi connectivity index (χ0v) is 55.2. The largest absolute Gasteiger partial charge is 0.480 e. The first-order valence-corrected chi connectivity index (χ1v) is 33.5. The quantitative estimate of drug-likeness (QED) is 0.0178. The maximum Gasteiger partial charge on any atom is 0.326 e. The highest BCUT2D eigenvalue weighted by molar-refractivity contribution is 7.98. The number of aliphatic imine (C=N–C) groups is 1. The number of hydrogen-bond donors (Lipinski definition) is 15. The number of likely N-dealkylation sites (tertiary alicyclic amines) is 2. The number of carboxylic acids is 1. The fraction of sp³-hybridized carbons (Fsp3) is 0.587. The van der Waals surface area contributed by atoms with Crippen molar-refractivity contribution in [2.45, 2.75) is 183 Å². The number of carboxylic acid groups (broad SMARTS) is 1. The van der Waals surface area contributed by atoms with Crippen molar-refractivity contribution in [1.82, 2.24) is 52.3 Å². The topological polar surface area (TPSA) is 513 Å². The molecule has 2 heterocycles. The Hall–Kier alpha value is -8.91. The number of nitrogens with zero attached hydrogens (tertiary/aromatic N) is 3. The van der Waals surface area contributed by atoms with E-state index in [4.69, 9.17) is 34.4 Å². The molecule has 2 aromatic carbocycles. The number of rotatable bonds is 42. The van der Waals surface area contributed by atoms with Gasteiger partial charge in [0, 0.05) is 45.3 Å². The van der Waals surface area contributed by atoms with Crippen LogP contribution in [0.2, 0.25) is 0 Å². The van der Waals surface area contributed by atoms with E-state index in [1.54, 1.807) is 80.8 Å². The molecule has 32 heteroatoms. The summed E-state index contributed by atoms with van der Waals surface area (Å²) in [6, 6.07) is 4.12. The molecule has 12 amide bonds. The van der Waals surface area contributed by atoms with Crippen molar-refractivity contribution < 1.29 is 67.4 Å². The lowest BCUT2D eigenvalue weighted by atomic mass is 10.0. The van der Waals surface area contributed by atoms with Crippen molar-refractivity contribution in [2.75, 3.05) is 44.7 Å². The predicted octanol–water partition coefficient (Wildman–Crippen LogP) is -3.11. The standard InChI is InChI=1S/C63H97N17O14S/c1-37(2)33-45(56(87)76-44(62(93)94)27-32-95-3)72-52(83)36-71-53(84)46(34-38-15-6-4-7-16-38)77-57(88)47(35-39-17-8-5-9-18-39)78-55(86)41(23-25-50(66)81)73-54(85)42(24-26-51(67)82)74-58(89)49-22-14-31-80(49)61(92)43(20-10-11-28-64)75-59(90)48-21-13-30-79(48)60(91)40(65)19-12-29-70-63(68)69/h4-9,15-18,37,40-49H,10-14,19-36,64-65H2,1-3H3,(H2,66,81)(H2,67,82)(H,71,84)(H,72,83)(H,73,85)(H,74,89)(H,75,90)(H,76,87)(H,77,88)(H,78,86)(H,93,94)(H4,68,69,70)/t40-,41+,42-,43-,44-,45-,46+,47-,48-,49-/m1/s1. The van der Waals surface area contributed by atoms with Gasteiger partial charge < -0.3 is 91.8 Å². The van der Waals surface area contributed by atoms with Crippen molar-refractivity contribution in [3.05, 3.63) is 71.8 Å². The number of guanidine groups is 1. The molecule has 0 spiro atoms. The molecule has 0 saturated carbocycles. The summed E-state index contributed by atoms with van der Waals surface area (Å²) in [5.41, 5.74) is 35.0.